The largest absolute Gasteiger partial charge is 0.381 e. The van der Waals surface area contributed by atoms with Crippen LogP contribution in [0.2, 0.25) is 10.0 Å². The fourth-order valence-corrected chi connectivity index (χ4v) is 2.69. The summed E-state index contributed by atoms with van der Waals surface area (Å²) in [5.74, 6) is 0.503. The zero-order valence-electron chi connectivity index (χ0n) is 10.6. The second kappa shape index (κ2) is 7.13. The maximum Gasteiger partial charge on any atom is 0.252 e. The van der Waals surface area contributed by atoms with Gasteiger partial charge in [-0.25, -0.2) is 0 Å². The van der Waals surface area contributed by atoms with Crippen molar-refractivity contribution in [2.75, 3.05) is 19.8 Å². The zero-order valence-corrected chi connectivity index (χ0v) is 12.1. The summed E-state index contributed by atoms with van der Waals surface area (Å²) in [7, 11) is 0. The van der Waals surface area contributed by atoms with Gasteiger partial charge in [-0.15, -0.1) is 0 Å². The first-order valence-corrected chi connectivity index (χ1v) is 7.23. The third-order valence-corrected chi connectivity index (χ3v) is 3.90. The van der Waals surface area contributed by atoms with Crippen molar-refractivity contribution in [1.29, 1.82) is 0 Å². The average molecular weight is 302 g/mol. The monoisotopic (exact) mass is 301 g/mol. The summed E-state index contributed by atoms with van der Waals surface area (Å²) in [6.07, 6.45) is 3.15. The van der Waals surface area contributed by atoms with E-state index in [2.05, 4.69) is 5.32 Å². The SMILES string of the molecule is O=C(NCCC1CCOCC1)c1ccc(Cl)cc1Cl. The van der Waals surface area contributed by atoms with Crippen molar-refractivity contribution in [1.82, 2.24) is 5.32 Å². The van der Waals surface area contributed by atoms with Crippen LogP contribution < -0.4 is 5.32 Å². The Labute approximate surface area is 123 Å². The Bertz CT molecular complexity index is 445. The highest BCUT2D eigenvalue weighted by Crippen LogP contribution is 2.21. The van der Waals surface area contributed by atoms with E-state index in [1.807, 2.05) is 0 Å². The molecule has 0 atom stereocenters. The lowest BCUT2D eigenvalue weighted by atomic mass is 9.97. The van der Waals surface area contributed by atoms with Gasteiger partial charge < -0.3 is 10.1 Å². The maximum absolute atomic E-state index is 12.0. The lowest BCUT2D eigenvalue weighted by Crippen LogP contribution is -2.27. The molecule has 0 unspecified atom stereocenters. The second-order valence-electron chi connectivity index (χ2n) is 4.72. The van der Waals surface area contributed by atoms with Gasteiger partial charge >= 0.3 is 0 Å². The van der Waals surface area contributed by atoms with E-state index in [9.17, 15) is 4.79 Å². The Balaban J connectivity index is 1.80. The van der Waals surface area contributed by atoms with Crippen LogP contribution in [0, 0.1) is 5.92 Å². The number of amides is 1. The number of ether oxygens (including phenoxy) is 1. The fraction of sp³-hybridized carbons (Fsp3) is 0.500. The molecule has 104 valence electrons. The van der Waals surface area contributed by atoms with Gasteiger partial charge in [0.05, 0.1) is 10.6 Å². The number of carbonyl (C=O) groups is 1. The number of nitrogens with one attached hydrogen (secondary N) is 1. The molecular weight excluding hydrogens is 285 g/mol. The fourth-order valence-electron chi connectivity index (χ4n) is 2.19. The van der Waals surface area contributed by atoms with E-state index < -0.39 is 0 Å². The van der Waals surface area contributed by atoms with E-state index in [1.54, 1.807) is 18.2 Å². The van der Waals surface area contributed by atoms with Crippen molar-refractivity contribution >= 4 is 29.1 Å². The molecule has 1 N–H and O–H groups in total. The molecule has 1 aliphatic rings. The van der Waals surface area contributed by atoms with Crippen molar-refractivity contribution < 1.29 is 9.53 Å². The maximum atomic E-state index is 12.0. The van der Waals surface area contributed by atoms with Gasteiger partial charge in [0, 0.05) is 24.8 Å². The van der Waals surface area contributed by atoms with Crippen LogP contribution in [0.1, 0.15) is 29.6 Å². The first-order valence-electron chi connectivity index (χ1n) is 6.48. The van der Waals surface area contributed by atoms with Gasteiger partial charge in [-0.1, -0.05) is 23.2 Å². The molecule has 1 aliphatic heterocycles. The minimum atomic E-state index is -0.145. The molecular formula is C14H17Cl2NO2. The van der Waals surface area contributed by atoms with E-state index in [0.717, 1.165) is 32.5 Å². The van der Waals surface area contributed by atoms with Crippen molar-refractivity contribution in [3.63, 3.8) is 0 Å². The molecule has 0 aromatic heterocycles. The van der Waals surface area contributed by atoms with Gasteiger partial charge in [0.1, 0.15) is 0 Å². The normalized spacial score (nSPS) is 16.3. The van der Waals surface area contributed by atoms with Gasteiger partial charge in [-0.05, 0) is 43.4 Å². The number of rotatable bonds is 4. The molecule has 5 heteroatoms. The third kappa shape index (κ3) is 4.37. The molecule has 1 saturated heterocycles. The average Bonchev–Trinajstić information content (AvgIpc) is 2.39. The first kappa shape index (κ1) is 14.6. The predicted molar refractivity (Wildman–Crippen MR) is 77.0 cm³/mol. The zero-order chi connectivity index (χ0) is 13.7. The summed E-state index contributed by atoms with van der Waals surface area (Å²) >= 11 is 11.8. The molecule has 0 aliphatic carbocycles. The van der Waals surface area contributed by atoms with Crippen LogP contribution in [-0.4, -0.2) is 25.7 Å². The molecule has 0 saturated carbocycles. The third-order valence-electron chi connectivity index (χ3n) is 3.35. The van der Waals surface area contributed by atoms with Gasteiger partial charge in [-0.3, -0.25) is 4.79 Å². The number of carbonyl (C=O) groups excluding carboxylic acids is 1. The summed E-state index contributed by atoms with van der Waals surface area (Å²) in [6.45, 7) is 2.34. The van der Waals surface area contributed by atoms with Gasteiger partial charge in [-0.2, -0.15) is 0 Å². The minimum absolute atomic E-state index is 0.145. The van der Waals surface area contributed by atoms with Crippen LogP contribution in [0.25, 0.3) is 0 Å². The van der Waals surface area contributed by atoms with E-state index in [-0.39, 0.29) is 5.91 Å². The van der Waals surface area contributed by atoms with Crippen LogP contribution in [0.5, 0.6) is 0 Å². The van der Waals surface area contributed by atoms with Crippen molar-refractivity contribution in [2.24, 2.45) is 5.92 Å². The second-order valence-corrected chi connectivity index (χ2v) is 5.57. The number of benzene rings is 1. The van der Waals surface area contributed by atoms with Crippen LogP contribution >= 0.6 is 23.2 Å². The van der Waals surface area contributed by atoms with Crippen LogP contribution in [-0.2, 0) is 4.74 Å². The van der Waals surface area contributed by atoms with E-state index in [4.69, 9.17) is 27.9 Å². The highest BCUT2D eigenvalue weighted by Gasteiger charge is 2.15. The summed E-state index contributed by atoms with van der Waals surface area (Å²) < 4.78 is 5.31. The lowest BCUT2D eigenvalue weighted by Gasteiger charge is -2.21. The van der Waals surface area contributed by atoms with Crippen molar-refractivity contribution in [3.8, 4) is 0 Å². The summed E-state index contributed by atoms with van der Waals surface area (Å²) in [6, 6.07) is 4.89. The van der Waals surface area contributed by atoms with Gasteiger partial charge in [0.15, 0.2) is 0 Å². The van der Waals surface area contributed by atoms with E-state index >= 15 is 0 Å². The summed E-state index contributed by atoms with van der Waals surface area (Å²) in [4.78, 5) is 12.0. The number of hydrogen-bond donors (Lipinski definition) is 1. The number of hydrogen-bond acceptors (Lipinski definition) is 2. The lowest BCUT2D eigenvalue weighted by molar-refractivity contribution is 0.0636. The molecule has 3 nitrogen and oxygen atoms in total. The predicted octanol–water partition coefficient (Wildman–Crippen LogP) is 3.54. The molecule has 0 bridgehead atoms. The van der Waals surface area contributed by atoms with E-state index in [0.29, 0.717) is 28.1 Å². The topological polar surface area (TPSA) is 38.3 Å². The molecule has 1 aromatic rings. The van der Waals surface area contributed by atoms with E-state index in [1.165, 1.54) is 0 Å². The first-order chi connectivity index (χ1) is 9.16. The smallest absolute Gasteiger partial charge is 0.252 e. The Morgan fingerprint density at radius 3 is 2.74 bits per heavy atom. The molecule has 1 heterocycles. The Kier molecular flexibility index (Phi) is 5.49. The molecule has 1 fully saturated rings. The summed E-state index contributed by atoms with van der Waals surface area (Å²) in [5.41, 5.74) is 0.470. The standard InChI is InChI=1S/C14H17Cl2NO2/c15-11-1-2-12(13(16)9-11)14(18)17-6-3-10-4-7-19-8-5-10/h1-2,9-10H,3-8H2,(H,17,18). The molecule has 0 spiro atoms. The summed E-state index contributed by atoms with van der Waals surface area (Å²) in [5, 5.41) is 3.82. The molecule has 1 amide bonds. The highest BCUT2D eigenvalue weighted by atomic mass is 35.5. The van der Waals surface area contributed by atoms with Crippen molar-refractivity contribution in [2.45, 2.75) is 19.3 Å². The Hall–Kier alpha value is -0.770. The Morgan fingerprint density at radius 1 is 1.32 bits per heavy atom. The number of halogens is 2. The molecule has 19 heavy (non-hydrogen) atoms. The highest BCUT2D eigenvalue weighted by molar-refractivity contribution is 6.36. The molecule has 2 rings (SSSR count). The minimum Gasteiger partial charge on any atom is -0.381 e. The van der Waals surface area contributed by atoms with Gasteiger partial charge in [0.2, 0.25) is 0 Å². The van der Waals surface area contributed by atoms with Crippen LogP contribution in [0.3, 0.4) is 0 Å². The molecule has 0 radical (unpaired) electrons. The Morgan fingerprint density at radius 2 is 2.05 bits per heavy atom. The van der Waals surface area contributed by atoms with Crippen LogP contribution in [0.15, 0.2) is 18.2 Å². The van der Waals surface area contributed by atoms with Crippen LogP contribution in [0.4, 0.5) is 0 Å². The van der Waals surface area contributed by atoms with Gasteiger partial charge in [0.25, 0.3) is 5.91 Å². The quantitative estimate of drug-likeness (QED) is 0.924. The molecule has 1 aromatic carbocycles. The van der Waals surface area contributed by atoms with Crippen molar-refractivity contribution in [3.05, 3.63) is 33.8 Å².